The molecule has 1 heterocycles. The summed E-state index contributed by atoms with van der Waals surface area (Å²) >= 11 is 0. The predicted octanol–water partition coefficient (Wildman–Crippen LogP) is 1.81. The van der Waals surface area contributed by atoms with Crippen molar-refractivity contribution in [1.82, 2.24) is 14.5 Å². The van der Waals surface area contributed by atoms with Crippen LogP contribution in [0.15, 0.2) is 47.4 Å². The molecule has 156 valence electrons. The number of piperazine rings is 1. The molecule has 1 aliphatic heterocycles. The SMILES string of the molecule is CCOC(=O)N1CCN(C(=O)[C@H](C)NS(=O)(=O)c2ccc3ccccc3c2)CC1. The van der Waals surface area contributed by atoms with Crippen LogP contribution in [0.1, 0.15) is 13.8 Å². The monoisotopic (exact) mass is 419 g/mol. The molecule has 1 N–H and O–H groups in total. The highest BCUT2D eigenvalue weighted by molar-refractivity contribution is 7.89. The Morgan fingerprint density at radius 1 is 1.03 bits per heavy atom. The van der Waals surface area contributed by atoms with Crippen molar-refractivity contribution < 1.29 is 22.7 Å². The number of sulfonamides is 1. The number of hydrogen-bond acceptors (Lipinski definition) is 5. The molecule has 1 aliphatic rings. The molecular formula is C20H25N3O5S. The summed E-state index contributed by atoms with van der Waals surface area (Å²) in [5, 5.41) is 1.75. The van der Waals surface area contributed by atoms with Crippen LogP contribution in [0.25, 0.3) is 10.8 Å². The van der Waals surface area contributed by atoms with E-state index in [-0.39, 0.29) is 10.8 Å². The summed E-state index contributed by atoms with van der Waals surface area (Å²) < 4.78 is 32.9. The molecule has 9 heteroatoms. The molecule has 0 unspecified atom stereocenters. The van der Waals surface area contributed by atoms with Crippen LogP contribution >= 0.6 is 0 Å². The molecule has 1 atom stereocenters. The highest BCUT2D eigenvalue weighted by atomic mass is 32.2. The number of rotatable bonds is 5. The smallest absolute Gasteiger partial charge is 0.409 e. The van der Waals surface area contributed by atoms with Gasteiger partial charge < -0.3 is 14.5 Å². The zero-order valence-electron chi connectivity index (χ0n) is 16.5. The van der Waals surface area contributed by atoms with E-state index in [2.05, 4.69) is 4.72 Å². The van der Waals surface area contributed by atoms with Gasteiger partial charge in [0, 0.05) is 26.2 Å². The Balaban J connectivity index is 1.63. The zero-order chi connectivity index (χ0) is 21.0. The van der Waals surface area contributed by atoms with Crippen molar-refractivity contribution in [2.45, 2.75) is 24.8 Å². The van der Waals surface area contributed by atoms with Crippen LogP contribution < -0.4 is 4.72 Å². The Morgan fingerprint density at radius 3 is 2.31 bits per heavy atom. The Kier molecular flexibility index (Phi) is 6.39. The van der Waals surface area contributed by atoms with Gasteiger partial charge in [0.2, 0.25) is 15.9 Å². The summed E-state index contributed by atoms with van der Waals surface area (Å²) in [4.78, 5) is 27.7. The van der Waals surface area contributed by atoms with Crippen molar-refractivity contribution in [2.75, 3.05) is 32.8 Å². The third-order valence-electron chi connectivity index (χ3n) is 4.85. The minimum Gasteiger partial charge on any atom is -0.450 e. The van der Waals surface area contributed by atoms with Crippen LogP contribution in [0, 0.1) is 0 Å². The van der Waals surface area contributed by atoms with Crippen molar-refractivity contribution in [2.24, 2.45) is 0 Å². The van der Waals surface area contributed by atoms with Crippen molar-refractivity contribution in [3.8, 4) is 0 Å². The molecule has 2 amide bonds. The minimum absolute atomic E-state index is 0.114. The second-order valence-corrected chi connectivity index (χ2v) is 8.58. The maximum Gasteiger partial charge on any atom is 0.409 e. The molecule has 0 saturated carbocycles. The fraction of sp³-hybridized carbons (Fsp3) is 0.400. The predicted molar refractivity (Wildman–Crippen MR) is 109 cm³/mol. The number of benzene rings is 2. The first-order valence-corrected chi connectivity index (χ1v) is 11.0. The first kappa shape index (κ1) is 21.1. The fourth-order valence-corrected chi connectivity index (χ4v) is 4.52. The molecule has 0 aromatic heterocycles. The maximum absolute atomic E-state index is 12.7. The molecule has 2 aromatic rings. The average Bonchev–Trinajstić information content (AvgIpc) is 2.72. The molecule has 0 radical (unpaired) electrons. The normalized spacial score (nSPS) is 15.9. The summed E-state index contributed by atoms with van der Waals surface area (Å²) in [6, 6.07) is 11.4. The third-order valence-corrected chi connectivity index (χ3v) is 6.39. The van der Waals surface area contributed by atoms with E-state index in [0.29, 0.717) is 32.8 Å². The van der Waals surface area contributed by atoms with E-state index in [0.717, 1.165) is 10.8 Å². The Bertz CT molecular complexity index is 1000. The van der Waals surface area contributed by atoms with Gasteiger partial charge in [-0.3, -0.25) is 4.79 Å². The van der Waals surface area contributed by atoms with Gasteiger partial charge in [-0.1, -0.05) is 30.3 Å². The first-order chi connectivity index (χ1) is 13.8. The Hall–Kier alpha value is -2.65. The highest BCUT2D eigenvalue weighted by Crippen LogP contribution is 2.19. The van der Waals surface area contributed by atoms with Gasteiger partial charge in [0.05, 0.1) is 17.5 Å². The van der Waals surface area contributed by atoms with Crippen LogP contribution in [-0.2, 0) is 19.6 Å². The lowest BCUT2D eigenvalue weighted by atomic mass is 10.1. The number of amides is 2. The topological polar surface area (TPSA) is 96.0 Å². The first-order valence-electron chi connectivity index (χ1n) is 9.53. The van der Waals surface area contributed by atoms with Crippen LogP contribution in [-0.4, -0.2) is 69.0 Å². The number of nitrogens with one attached hydrogen (secondary N) is 1. The average molecular weight is 420 g/mol. The van der Waals surface area contributed by atoms with E-state index < -0.39 is 22.2 Å². The van der Waals surface area contributed by atoms with E-state index in [1.165, 1.54) is 17.9 Å². The Labute approximate surface area is 170 Å². The fourth-order valence-electron chi connectivity index (χ4n) is 3.28. The van der Waals surface area contributed by atoms with Gasteiger partial charge >= 0.3 is 6.09 Å². The number of carbonyl (C=O) groups excluding carboxylic acids is 2. The molecule has 8 nitrogen and oxygen atoms in total. The zero-order valence-corrected chi connectivity index (χ0v) is 17.3. The molecule has 3 rings (SSSR count). The molecule has 1 fully saturated rings. The van der Waals surface area contributed by atoms with Gasteiger partial charge in [0.25, 0.3) is 0 Å². The quantitative estimate of drug-likeness (QED) is 0.797. The van der Waals surface area contributed by atoms with E-state index >= 15 is 0 Å². The number of nitrogens with zero attached hydrogens (tertiary/aromatic N) is 2. The van der Waals surface area contributed by atoms with Crippen molar-refractivity contribution >= 4 is 32.8 Å². The standard InChI is InChI=1S/C20H25N3O5S/c1-3-28-20(25)23-12-10-22(11-13-23)19(24)15(2)21-29(26,27)18-9-8-16-6-4-5-7-17(16)14-18/h4-9,14-15,21H,3,10-13H2,1-2H3/t15-/m0/s1. The summed E-state index contributed by atoms with van der Waals surface area (Å²) in [7, 11) is -3.85. The van der Waals surface area contributed by atoms with Crippen molar-refractivity contribution in [3.05, 3.63) is 42.5 Å². The van der Waals surface area contributed by atoms with E-state index in [1.54, 1.807) is 24.0 Å². The van der Waals surface area contributed by atoms with Crippen LogP contribution in [0.3, 0.4) is 0 Å². The molecule has 29 heavy (non-hydrogen) atoms. The van der Waals surface area contributed by atoms with Crippen LogP contribution in [0.4, 0.5) is 4.79 Å². The molecule has 2 aromatic carbocycles. The second kappa shape index (κ2) is 8.79. The van der Waals surface area contributed by atoms with Gasteiger partial charge in [0.15, 0.2) is 0 Å². The van der Waals surface area contributed by atoms with Crippen molar-refractivity contribution in [3.63, 3.8) is 0 Å². The second-order valence-electron chi connectivity index (χ2n) is 6.86. The lowest BCUT2D eigenvalue weighted by Crippen LogP contribution is -2.55. The molecular weight excluding hydrogens is 394 g/mol. The molecule has 0 bridgehead atoms. The van der Waals surface area contributed by atoms with E-state index in [1.807, 2.05) is 24.3 Å². The minimum atomic E-state index is -3.85. The number of fused-ring (bicyclic) bond motifs is 1. The van der Waals surface area contributed by atoms with Gasteiger partial charge in [0.1, 0.15) is 0 Å². The number of ether oxygens (including phenoxy) is 1. The summed E-state index contributed by atoms with van der Waals surface area (Å²) in [5.74, 6) is -0.321. The van der Waals surface area contributed by atoms with Gasteiger partial charge in [-0.25, -0.2) is 13.2 Å². The van der Waals surface area contributed by atoms with Crippen LogP contribution in [0.5, 0.6) is 0 Å². The molecule has 0 spiro atoms. The lowest BCUT2D eigenvalue weighted by molar-refractivity contribution is -0.134. The third kappa shape index (κ3) is 4.86. The molecule has 1 saturated heterocycles. The molecule has 0 aliphatic carbocycles. The van der Waals surface area contributed by atoms with Crippen LogP contribution in [0.2, 0.25) is 0 Å². The summed E-state index contributed by atoms with van der Waals surface area (Å²) in [6.45, 7) is 4.94. The van der Waals surface area contributed by atoms with Gasteiger partial charge in [-0.2, -0.15) is 4.72 Å². The highest BCUT2D eigenvalue weighted by Gasteiger charge is 2.29. The maximum atomic E-state index is 12.7. The number of carbonyl (C=O) groups is 2. The van der Waals surface area contributed by atoms with E-state index in [4.69, 9.17) is 4.74 Å². The number of hydrogen-bond donors (Lipinski definition) is 1. The van der Waals surface area contributed by atoms with Gasteiger partial charge in [-0.05, 0) is 36.8 Å². The lowest BCUT2D eigenvalue weighted by Gasteiger charge is -2.35. The van der Waals surface area contributed by atoms with Gasteiger partial charge in [-0.15, -0.1) is 0 Å². The summed E-state index contributed by atoms with van der Waals surface area (Å²) in [5.41, 5.74) is 0. The largest absolute Gasteiger partial charge is 0.450 e. The van der Waals surface area contributed by atoms with Crippen molar-refractivity contribution in [1.29, 1.82) is 0 Å². The summed E-state index contributed by atoms with van der Waals surface area (Å²) in [6.07, 6.45) is -0.398. The van der Waals surface area contributed by atoms with E-state index in [9.17, 15) is 18.0 Å². The Morgan fingerprint density at radius 2 is 1.66 bits per heavy atom.